The lowest BCUT2D eigenvalue weighted by Crippen LogP contribution is -2.12. The number of H-pyrrole nitrogens is 1. The molecular weight excluding hydrogens is 184 g/mol. The van der Waals surface area contributed by atoms with E-state index in [2.05, 4.69) is 38.0 Å². The van der Waals surface area contributed by atoms with Crippen molar-refractivity contribution in [2.45, 2.75) is 13.1 Å². The molecule has 2 heterocycles. The van der Waals surface area contributed by atoms with Gasteiger partial charge in [-0.3, -0.25) is 5.10 Å². The molecule has 0 fully saturated rings. The Morgan fingerprint density at radius 3 is 3.15 bits per heavy atom. The van der Waals surface area contributed by atoms with E-state index in [1.165, 1.54) is 11.2 Å². The summed E-state index contributed by atoms with van der Waals surface area (Å²) in [6, 6.07) is 4.16. The van der Waals surface area contributed by atoms with E-state index in [9.17, 15) is 0 Å². The Kier molecular flexibility index (Phi) is 2.68. The lowest BCUT2D eigenvalue weighted by Gasteiger charge is -1.98. The van der Waals surface area contributed by atoms with E-state index in [0.29, 0.717) is 0 Å². The van der Waals surface area contributed by atoms with E-state index in [-0.39, 0.29) is 0 Å². The Bertz CT molecular complexity index is 293. The number of hydrogen-bond donors (Lipinski definition) is 2. The lowest BCUT2D eigenvalue weighted by atomic mass is 10.4. The van der Waals surface area contributed by atoms with Crippen LogP contribution in [0, 0.1) is 0 Å². The van der Waals surface area contributed by atoms with Crippen molar-refractivity contribution in [2.75, 3.05) is 0 Å². The Balaban J connectivity index is 1.76. The molecule has 0 spiro atoms. The average molecular weight is 194 g/mol. The molecule has 0 atom stereocenters. The molecule has 0 saturated carbocycles. The number of nitrogens with one attached hydrogen (secondary N) is 2. The number of thiophene rings is 1. The van der Waals surface area contributed by atoms with E-state index < -0.39 is 0 Å². The van der Waals surface area contributed by atoms with Crippen molar-refractivity contribution >= 4 is 11.3 Å². The zero-order chi connectivity index (χ0) is 8.93. The van der Waals surface area contributed by atoms with Crippen molar-refractivity contribution in [1.82, 2.24) is 20.5 Å². The fraction of sp³-hybridized carbons (Fsp3) is 0.250. The first-order chi connectivity index (χ1) is 6.45. The van der Waals surface area contributed by atoms with Crippen molar-refractivity contribution in [1.29, 1.82) is 0 Å². The predicted octanol–water partition coefficient (Wildman–Crippen LogP) is 1.16. The van der Waals surface area contributed by atoms with Gasteiger partial charge in [0.1, 0.15) is 12.2 Å². The van der Waals surface area contributed by atoms with Crippen LogP contribution in [0.5, 0.6) is 0 Å². The molecule has 2 aromatic rings. The second-order valence-electron chi connectivity index (χ2n) is 2.62. The highest BCUT2D eigenvalue weighted by atomic mass is 32.1. The molecule has 0 bridgehead atoms. The fourth-order valence-electron chi connectivity index (χ4n) is 1.03. The topological polar surface area (TPSA) is 53.6 Å². The van der Waals surface area contributed by atoms with Crippen molar-refractivity contribution < 1.29 is 0 Å². The summed E-state index contributed by atoms with van der Waals surface area (Å²) >= 11 is 1.75. The van der Waals surface area contributed by atoms with Crippen LogP contribution in [-0.4, -0.2) is 15.2 Å². The van der Waals surface area contributed by atoms with Gasteiger partial charge in [0, 0.05) is 11.4 Å². The van der Waals surface area contributed by atoms with Crippen molar-refractivity contribution in [3.05, 3.63) is 34.5 Å². The number of aromatic nitrogens is 3. The highest BCUT2D eigenvalue weighted by molar-refractivity contribution is 7.09. The molecule has 0 aliphatic rings. The van der Waals surface area contributed by atoms with E-state index in [1.807, 2.05) is 0 Å². The number of hydrogen-bond acceptors (Lipinski definition) is 4. The monoisotopic (exact) mass is 194 g/mol. The van der Waals surface area contributed by atoms with Crippen LogP contribution >= 0.6 is 11.3 Å². The summed E-state index contributed by atoms with van der Waals surface area (Å²) in [5, 5.41) is 11.9. The minimum Gasteiger partial charge on any atom is -0.305 e. The number of nitrogens with zero attached hydrogens (tertiary/aromatic N) is 2. The van der Waals surface area contributed by atoms with Gasteiger partial charge >= 0.3 is 0 Å². The van der Waals surface area contributed by atoms with Gasteiger partial charge in [0.05, 0.1) is 6.54 Å². The standard InChI is InChI=1S/C8H10N4S/c1-2-7(13-3-1)4-9-5-8-10-6-11-12-8/h1-3,6,9H,4-5H2,(H,10,11,12). The first kappa shape index (κ1) is 8.40. The smallest absolute Gasteiger partial charge is 0.138 e. The molecule has 0 saturated heterocycles. The van der Waals surface area contributed by atoms with Gasteiger partial charge in [0.25, 0.3) is 0 Å². The highest BCUT2D eigenvalue weighted by Gasteiger charge is 1.95. The molecule has 13 heavy (non-hydrogen) atoms. The third-order valence-corrected chi connectivity index (χ3v) is 2.51. The average Bonchev–Trinajstić information content (AvgIpc) is 2.75. The molecule has 0 unspecified atom stereocenters. The van der Waals surface area contributed by atoms with Gasteiger partial charge in [-0.1, -0.05) is 6.07 Å². The van der Waals surface area contributed by atoms with E-state index in [0.717, 1.165) is 18.9 Å². The maximum Gasteiger partial charge on any atom is 0.138 e. The normalized spacial score (nSPS) is 10.5. The van der Waals surface area contributed by atoms with Gasteiger partial charge < -0.3 is 5.32 Å². The zero-order valence-electron chi connectivity index (χ0n) is 7.03. The van der Waals surface area contributed by atoms with E-state index >= 15 is 0 Å². The minimum absolute atomic E-state index is 0.734. The summed E-state index contributed by atoms with van der Waals surface area (Å²) in [5.41, 5.74) is 0. The maximum atomic E-state index is 4.01. The first-order valence-electron chi connectivity index (χ1n) is 4.02. The van der Waals surface area contributed by atoms with Crippen LogP contribution in [0.1, 0.15) is 10.7 Å². The highest BCUT2D eigenvalue weighted by Crippen LogP contribution is 2.07. The van der Waals surface area contributed by atoms with Gasteiger partial charge in [-0.2, -0.15) is 5.10 Å². The van der Waals surface area contributed by atoms with Crippen LogP contribution in [0.2, 0.25) is 0 Å². The van der Waals surface area contributed by atoms with Crippen LogP contribution < -0.4 is 5.32 Å². The van der Waals surface area contributed by atoms with Crippen LogP contribution in [0.4, 0.5) is 0 Å². The molecule has 68 valence electrons. The molecule has 0 radical (unpaired) electrons. The third-order valence-electron chi connectivity index (χ3n) is 1.64. The molecule has 4 nitrogen and oxygen atoms in total. The molecule has 0 aliphatic carbocycles. The summed E-state index contributed by atoms with van der Waals surface area (Å²) in [6.45, 7) is 1.62. The van der Waals surface area contributed by atoms with Gasteiger partial charge in [-0.25, -0.2) is 4.98 Å². The third kappa shape index (κ3) is 2.37. The van der Waals surface area contributed by atoms with Crippen molar-refractivity contribution in [3.63, 3.8) is 0 Å². The summed E-state index contributed by atoms with van der Waals surface area (Å²) < 4.78 is 0. The van der Waals surface area contributed by atoms with Gasteiger partial charge in [0.15, 0.2) is 0 Å². The van der Waals surface area contributed by atoms with Crippen LogP contribution in [0.3, 0.4) is 0 Å². The van der Waals surface area contributed by atoms with Crippen molar-refractivity contribution in [2.24, 2.45) is 0 Å². The molecule has 2 aromatic heterocycles. The predicted molar refractivity (Wildman–Crippen MR) is 51.2 cm³/mol. The Labute approximate surface area is 80.0 Å². The second kappa shape index (κ2) is 4.15. The molecule has 0 aromatic carbocycles. The van der Waals surface area contributed by atoms with E-state index in [1.54, 1.807) is 11.3 Å². The Morgan fingerprint density at radius 1 is 1.46 bits per heavy atom. The van der Waals surface area contributed by atoms with Gasteiger partial charge in [-0.05, 0) is 11.4 Å². The Morgan fingerprint density at radius 2 is 2.46 bits per heavy atom. The molecule has 2 N–H and O–H groups in total. The molecule has 0 aliphatic heterocycles. The largest absolute Gasteiger partial charge is 0.305 e. The number of rotatable bonds is 4. The van der Waals surface area contributed by atoms with Crippen LogP contribution in [0.25, 0.3) is 0 Å². The molecule has 0 amide bonds. The second-order valence-corrected chi connectivity index (χ2v) is 3.65. The SMILES string of the molecule is c1csc(CNCc2ncn[nH]2)c1. The lowest BCUT2D eigenvalue weighted by molar-refractivity contribution is 0.671. The van der Waals surface area contributed by atoms with Crippen molar-refractivity contribution in [3.8, 4) is 0 Å². The molecule has 2 rings (SSSR count). The minimum atomic E-state index is 0.734. The Hall–Kier alpha value is -1.20. The zero-order valence-corrected chi connectivity index (χ0v) is 7.84. The maximum absolute atomic E-state index is 4.01. The molecule has 5 heteroatoms. The van der Waals surface area contributed by atoms with Gasteiger partial charge in [-0.15, -0.1) is 11.3 Å². The summed E-state index contributed by atoms with van der Waals surface area (Å²) in [7, 11) is 0. The van der Waals surface area contributed by atoms with E-state index in [4.69, 9.17) is 0 Å². The quantitative estimate of drug-likeness (QED) is 0.767. The fourth-order valence-corrected chi connectivity index (χ4v) is 1.71. The van der Waals surface area contributed by atoms with Crippen LogP contribution in [0.15, 0.2) is 23.8 Å². The summed E-state index contributed by atoms with van der Waals surface area (Å²) in [5.74, 6) is 0.872. The molecular formula is C8H10N4S. The van der Waals surface area contributed by atoms with Gasteiger partial charge in [0.2, 0.25) is 0 Å². The summed E-state index contributed by atoms with van der Waals surface area (Å²) in [4.78, 5) is 5.34. The summed E-state index contributed by atoms with van der Waals surface area (Å²) in [6.07, 6.45) is 1.52. The van der Waals surface area contributed by atoms with Crippen LogP contribution in [-0.2, 0) is 13.1 Å². The number of aromatic amines is 1. The first-order valence-corrected chi connectivity index (χ1v) is 4.90.